The van der Waals surface area contributed by atoms with Gasteiger partial charge in [-0.05, 0) is 25.8 Å². The van der Waals surface area contributed by atoms with E-state index in [1.54, 1.807) is 0 Å². The number of hydrogen-bond donors (Lipinski definition) is 4. The number of aromatic nitrogens is 3. The van der Waals surface area contributed by atoms with E-state index >= 15 is 4.39 Å². The standard InChI is InChI=1S/C23H26FN6O9P/c1-23(2)21(31)30(11-38-40(32,33)34)20-14(39-23)6-7-17(28-20)27-19-13(24)10-25-22(29-19)26-12-8-15(35-3)18(37-5)16(9-12)36-4/h6-10H,11H2,1-5H3,(H2,32,33,34)(H2,25,26,27,28,29)/i1D3,2D3,10D,11D2. The molecule has 15 nitrogen and oxygen atoms in total. The Bertz CT molecular complexity index is 1790. The quantitative estimate of drug-likeness (QED) is 0.253. The summed E-state index contributed by atoms with van der Waals surface area (Å²) in [5, 5.41) is 5.11. The fourth-order valence-corrected chi connectivity index (χ4v) is 3.45. The fourth-order valence-electron chi connectivity index (χ4n) is 3.26. The van der Waals surface area contributed by atoms with Crippen LogP contribution >= 0.6 is 7.82 Å². The number of carbonyl (C=O) groups excluding carboxylic acids is 1. The summed E-state index contributed by atoms with van der Waals surface area (Å²) in [6, 6.07) is 4.68. The molecule has 1 aliphatic heterocycles. The van der Waals surface area contributed by atoms with Crippen molar-refractivity contribution in [3.8, 4) is 23.0 Å². The fraction of sp³-hybridized carbons (Fsp3) is 0.304. The molecule has 4 N–H and O–H groups in total. The van der Waals surface area contributed by atoms with E-state index < -0.39 is 74.9 Å². The molecule has 3 aromatic rings. The molecule has 214 valence electrons. The van der Waals surface area contributed by atoms with E-state index in [9.17, 15) is 19.1 Å². The number of nitrogens with zero attached hydrogens (tertiary/aromatic N) is 4. The Balaban J connectivity index is 1.82. The number of carbonyl (C=O) groups is 1. The molecule has 0 aliphatic carbocycles. The lowest BCUT2D eigenvalue weighted by molar-refractivity contribution is -0.133. The molecule has 0 bridgehead atoms. The minimum Gasteiger partial charge on any atom is -0.493 e. The molecule has 0 unspecified atom stereocenters. The Kier molecular flexibility index (Phi) is 5.25. The van der Waals surface area contributed by atoms with Gasteiger partial charge >= 0.3 is 7.82 Å². The third kappa shape index (κ3) is 6.15. The summed E-state index contributed by atoms with van der Waals surface area (Å²) in [5.74, 6) is -6.27. The number of phosphoric acid groups is 1. The monoisotopic (exact) mass is 589 g/mol. The number of anilines is 5. The Morgan fingerprint density at radius 1 is 1.18 bits per heavy atom. The zero-order valence-electron chi connectivity index (χ0n) is 29.7. The van der Waals surface area contributed by atoms with Crippen LogP contribution in [0, 0.1) is 5.82 Å². The number of rotatable bonds is 10. The molecule has 0 spiro atoms. The number of pyridine rings is 1. The zero-order chi connectivity index (χ0) is 36.9. The maximum atomic E-state index is 15.1. The van der Waals surface area contributed by atoms with Gasteiger partial charge in [0.25, 0.3) is 5.91 Å². The minimum absolute atomic E-state index is 0.221. The second-order valence-electron chi connectivity index (χ2n) is 7.60. The molecule has 40 heavy (non-hydrogen) atoms. The Morgan fingerprint density at radius 3 is 2.48 bits per heavy atom. The lowest BCUT2D eigenvalue weighted by Crippen LogP contribution is -2.53. The van der Waals surface area contributed by atoms with Crippen LogP contribution in [-0.4, -0.2) is 64.3 Å². The summed E-state index contributed by atoms with van der Waals surface area (Å²) < 4.78 is 123. The highest BCUT2D eigenvalue weighted by Gasteiger charge is 2.42. The first-order valence-corrected chi connectivity index (χ1v) is 12.2. The largest absolute Gasteiger partial charge is 0.493 e. The topological polar surface area (TPSA) is 187 Å². The van der Waals surface area contributed by atoms with E-state index in [0.29, 0.717) is 0 Å². The van der Waals surface area contributed by atoms with E-state index in [2.05, 4.69) is 30.1 Å². The van der Waals surface area contributed by atoms with Crippen molar-refractivity contribution in [3.63, 3.8) is 0 Å². The number of benzene rings is 1. The Labute approximate surface area is 240 Å². The van der Waals surface area contributed by atoms with Crippen molar-refractivity contribution in [2.45, 2.75) is 19.3 Å². The first kappa shape index (κ1) is 18.9. The highest BCUT2D eigenvalue weighted by molar-refractivity contribution is 7.46. The van der Waals surface area contributed by atoms with Gasteiger partial charge in [0.05, 0.1) is 31.6 Å². The van der Waals surface area contributed by atoms with Gasteiger partial charge in [0.1, 0.15) is 12.5 Å². The van der Waals surface area contributed by atoms with Crippen molar-refractivity contribution >= 4 is 42.8 Å². The summed E-state index contributed by atoms with van der Waals surface area (Å²) in [7, 11) is -1.69. The van der Waals surface area contributed by atoms with Crippen LogP contribution in [-0.2, 0) is 13.9 Å². The molecule has 0 saturated carbocycles. The summed E-state index contributed by atoms with van der Waals surface area (Å²) in [6.07, 6.45) is -0.933. The second-order valence-corrected chi connectivity index (χ2v) is 8.76. The van der Waals surface area contributed by atoms with Crippen molar-refractivity contribution in [1.82, 2.24) is 15.0 Å². The number of nitrogens with one attached hydrogen (secondary N) is 2. The van der Waals surface area contributed by atoms with Crippen LogP contribution in [0.2, 0.25) is 0 Å². The number of ether oxygens (including phenoxy) is 4. The van der Waals surface area contributed by atoms with Crippen LogP contribution < -0.4 is 34.5 Å². The van der Waals surface area contributed by atoms with Gasteiger partial charge in [0.15, 0.2) is 40.3 Å². The minimum atomic E-state index is -5.80. The van der Waals surface area contributed by atoms with E-state index in [0.717, 1.165) is 12.1 Å². The third-order valence-corrected chi connectivity index (χ3v) is 5.24. The summed E-state index contributed by atoms with van der Waals surface area (Å²) in [4.78, 5) is 43.5. The lowest BCUT2D eigenvalue weighted by Gasteiger charge is -2.37. The Morgan fingerprint density at radius 2 is 1.88 bits per heavy atom. The van der Waals surface area contributed by atoms with Gasteiger partial charge in [0.2, 0.25) is 11.7 Å². The number of amides is 1. The van der Waals surface area contributed by atoms with E-state index in [1.807, 2.05) is 0 Å². The smallest absolute Gasteiger partial charge is 0.471 e. The molecule has 4 rings (SSSR count). The van der Waals surface area contributed by atoms with Crippen LogP contribution in [0.3, 0.4) is 0 Å². The normalized spacial score (nSPS) is 18.5. The first-order chi connectivity index (χ1) is 22.5. The molecule has 0 atom stereocenters. The van der Waals surface area contributed by atoms with Crippen molar-refractivity contribution < 1.29 is 59.3 Å². The first-order valence-electron chi connectivity index (χ1n) is 15.2. The van der Waals surface area contributed by atoms with Crippen molar-refractivity contribution in [3.05, 3.63) is 36.3 Å². The van der Waals surface area contributed by atoms with Gasteiger partial charge in [0, 0.05) is 26.0 Å². The van der Waals surface area contributed by atoms with Gasteiger partial charge in [-0.15, -0.1) is 0 Å². The van der Waals surface area contributed by atoms with Crippen LogP contribution in [0.5, 0.6) is 23.0 Å². The molecule has 0 radical (unpaired) electrons. The molecule has 1 aromatic carbocycles. The van der Waals surface area contributed by atoms with Gasteiger partial charge < -0.3 is 39.4 Å². The average molecular weight is 590 g/mol. The van der Waals surface area contributed by atoms with E-state index in [1.165, 1.54) is 33.5 Å². The number of methoxy groups -OCH3 is 3. The summed E-state index contributed by atoms with van der Waals surface area (Å²) >= 11 is 0. The van der Waals surface area contributed by atoms with Crippen LogP contribution in [0.1, 0.15) is 26.0 Å². The molecule has 0 fully saturated rings. The molecule has 17 heteroatoms. The SMILES string of the molecule is [2H]c1nc(Nc2cc(OC)c(OC)c(OC)c2)nc(Nc2ccc3c(n2)N(C([2H])([2H])OP(=O)(O)O)C(=O)C(C([2H])([2H])[2H])(C([2H])([2H])[2H])O3)c1F. The zero-order valence-corrected chi connectivity index (χ0v) is 21.6. The van der Waals surface area contributed by atoms with Crippen LogP contribution in [0.25, 0.3) is 0 Å². The van der Waals surface area contributed by atoms with Gasteiger partial charge in [-0.25, -0.2) is 18.9 Å². The molecule has 0 saturated heterocycles. The molecular formula is C23H26FN6O9P. The summed E-state index contributed by atoms with van der Waals surface area (Å²) in [5.41, 5.74) is -3.56. The maximum absolute atomic E-state index is 15.1. The van der Waals surface area contributed by atoms with Crippen LogP contribution in [0.4, 0.5) is 33.5 Å². The van der Waals surface area contributed by atoms with Gasteiger partial charge in [-0.1, -0.05) is 0 Å². The molecule has 1 amide bonds. The summed E-state index contributed by atoms with van der Waals surface area (Å²) in [6.45, 7) is -11.6. The number of fused-ring (bicyclic) bond motifs is 1. The van der Waals surface area contributed by atoms with Crippen molar-refractivity contribution in [2.75, 3.05) is 43.5 Å². The van der Waals surface area contributed by atoms with Gasteiger partial charge in [-0.3, -0.25) is 14.2 Å². The maximum Gasteiger partial charge on any atom is 0.471 e. The number of hydrogen-bond acceptors (Lipinski definition) is 12. The third-order valence-electron chi connectivity index (χ3n) is 4.92. The second kappa shape index (κ2) is 11.1. The number of halogens is 1. The average Bonchev–Trinajstić information content (AvgIpc) is 2.96. The predicted octanol–water partition coefficient (Wildman–Crippen LogP) is 3.09. The highest BCUT2D eigenvalue weighted by atomic mass is 31.2. The number of phosphoric ester groups is 1. The molecule has 1 aliphatic rings. The van der Waals surface area contributed by atoms with Crippen LogP contribution in [0.15, 0.2) is 30.4 Å². The highest BCUT2D eigenvalue weighted by Crippen LogP contribution is 2.42. The lowest BCUT2D eigenvalue weighted by atomic mass is 10.1. The van der Waals surface area contributed by atoms with Gasteiger partial charge in [-0.2, -0.15) is 4.98 Å². The molecule has 2 aromatic heterocycles. The predicted molar refractivity (Wildman–Crippen MR) is 139 cm³/mol. The van der Waals surface area contributed by atoms with E-state index in [-0.39, 0.29) is 33.8 Å². The van der Waals surface area contributed by atoms with Crippen molar-refractivity contribution in [2.24, 2.45) is 0 Å². The van der Waals surface area contributed by atoms with Crippen molar-refractivity contribution in [1.29, 1.82) is 0 Å². The molecule has 3 heterocycles. The van der Waals surface area contributed by atoms with E-state index in [4.69, 9.17) is 31.3 Å². The molecular weight excluding hydrogens is 554 g/mol. The Hall–Kier alpha value is -4.24.